The van der Waals surface area contributed by atoms with Gasteiger partial charge in [0.25, 0.3) is 0 Å². The quantitative estimate of drug-likeness (QED) is 0.837. The number of hydrogen-bond acceptors (Lipinski definition) is 5. The third kappa shape index (κ3) is 4.36. The van der Waals surface area contributed by atoms with E-state index in [1.807, 2.05) is 0 Å². The summed E-state index contributed by atoms with van der Waals surface area (Å²) in [5.74, 6) is -0.0968. The van der Waals surface area contributed by atoms with Gasteiger partial charge >= 0.3 is 12.2 Å². The fourth-order valence-corrected chi connectivity index (χ4v) is 1.80. The summed E-state index contributed by atoms with van der Waals surface area (Å²) in [5, 5.41) is -0.182. The SMILES string of the molecule is CC(C)Oc1nc(Cl)nc(N(CC(F)(F)F)C2CC2)n1. The second-order valence-electron chi connectivity index (χ2n) is 4.83. The second kappa shape index (κ2) is 5.59. The Morgan fingerprint density at radius 2 is 1.95 bits per heavy atom. The number of nitrogens with zero attached hydrogens (tertiary/aromatic N) is 4. The molecule has 1 aromatic heterocycles. The fraction of sp³-hybridized carbons (Fsp3) is 0.727. The molecule has 0 amide bonds. The van der Waals surface area contributed by atoms with E-state index in [1.54, 1.807) is 13.8 Å². The predicted octanol–water partition coefficient (Wildman–Crippen LogP) is 2.84. The average molecular weight is 311 g/mol. The van der Waals surface area contributed by atoms with E-state index in [0.29, 0.717) is 12.8 Å². The molecule has 5 nitrogen and oxygen atoms in total. The standard InChI is InChI=1S/C11H14ClF3N4O/c1-6(2)20-10-17-8(12)16-9(18-10)19(7-3-4-7)5-11(13,14)15/h6-7H,3-5H2,1-2H3. The zero-order chi connectivity index (χ0) is 14.9. The van der Waals surface area contributed by atoms with Gasteiger partial charge < -0.3 is 9.64 Å². The monoisotopic (exact) mass is 310 g/mol. The molecule has 2 rings (SSSR count). The Labute approximate surface area is 119 Å². The van der Waals surface area contributed by atoms with Crippen LogP contribution in [0.3, 0.4) is 0 Å². The lowest BCUT2D eigenvalue weighted by Crippen LogP contribution is -2.37. The molecule has 9 heteroatoms. The van der Waals surface area contributed by atoms with E-state index in [1.165, 1.54) is 0 Å². The zero-order valence-corrected chi connectivity index (χ0v) is 11.7. The molecule has 0 spiro atoms. The highest BCUT2D eigenvalue weighted by Gasteiger charge is 2.39. The first kappa shape index (κ1) is 15.1. The molecule has 0 aliphatic heterocycles. The first-order valence-corrected chi connectivity index (χ1v) is 6.54. The topological polar surface area (TPSA) is 51.1 Å². The highest BCUT2D eigenvalue weighted by Crippen LogP contribution is 2.33. The van der Waals surface area contributed by atoms with E-state index in [4.69, 9.17) is 16.3 Å². The molecule has 0 aromatic carbocycles. The maximum Gasteiger partial charge on any atom is 0.406 e. The smallest absolute Gasteiger partial charge is 0.406 e. The molecule has 1 aliphatic carbocycles. The summed E-state index contributed by atoms with van der Waals surface area (Å²) in [4.78, 5) is 12.5. The molecule has 112 valence electrons. The van der Waals surface area contributed by atoms with Crippen molar-refractivity contribution < 1.29 is 17.9 Å². The van der Waals surface area contributed by atoms with Gasteiger partial charge in [-0.3, -0.25) is 0 Å². The Morgan fingerprint density at radius 3 is 2.45 bits per heavy atom. The molecule has 0 atom stereocenters. The third-order valence-electron chi connectivity index (χ3n) is 2.51. The van der Waals surface area contributed by atoms with E-state index in [2.05, 4.69) is 15.0 Å². The maximum absolute atomic E-state index is 12.6. The number of hydrogen-bond donors (Lipinski definition) is 0. The van der Waals surface area contributed by atoms with Crippen molar-refractivity contribution in [3.63, 3.8) is 0 Å². The largest absolute Gasteiger partial charge is 0.461 e. The Balaban J connectivity index is 2.25. The van der Waals surface area contributed by atoms with E-state index < -0.39 is 12.7 Å². The summed E-state index contributed by atoms with van der Waals surface area (Å²) in [5.41, 5.74) is 0. The van der Waals surface area contributed by atoms with Gasteiger partial charge in [0.1, 0.15) is 6.54 Å². The number of halogens is 4. The number of alkyl halides is 3. The van der Waals surface area contributed by atoms with Gasteiger partial charge in [0.05, 0.1) is 6.10 Å². The molecule has 1 aromatic rings. The van der Waals surface area contributed by atoms with Crippen molar-refractivity contribution in [1.29, 1.82) is 0 Å². The van der Waals surface area contributed by atoms with Crippen LogP contribution in [0.5, 0.6) is 6.01 Å². The Kier molecular flexibility index (Phi) is 4.22. The molecule has 0 bridgehead atoms. The van der Waals surface area contributed by atoms with Crippen molar-refractivity contribution in [3.05, 3.63) is 5.28 Å². The third-order valence-corrected chi connectivity index (χ3v) is 2.68. The second-order valence-corrected chi connectivity index (χ2v) is 5.17. The van der Waals surface area contributed by atoms with E-state index >= 15 is 0 Å². The average Bonchev–Trinajstić information content (AvgIpc) is 3.06. The minimum Gasteiger partial charge on any atom is -0.461 e. The van der Waals surface area contributed by atoms with E-state index in [-0.39, 0.29) is 29.4 Å². The molecule has 0 N–H and O–H groups in total. The van der Waals surface area contributed by atoms with Crippen molar-refractivity contribution in [2.75, 3.05) is 11.4 Å². The summed E-state index contributed by atoms with van der Waals surface area (Å²) in [6.45, 7) is 2.40. The van der Waals surface area contributed by atoms with Gasteiger partial charge in [-0.2, -0.15) is 28.1 Å². The molecule has 0 radical (unpaired) electrons. The van der Waals surface area contributed by atoms with Crippen LogP contribution in [-0.4, -0.2) is 39.8 Å². The first-order chi connectivity index (χ1) is 9.24. The van der Waals surface area contributed by atoms with Gasteiger partial charge in [-0.25, -0.2) is 0 Å². The van der Waals surface area contributed by atoms with Gasteiger partial charge in [-0.1, -0.05) is 0 Å². The van der Waals surface area contributed by atoms with Crippen LogP contribution in [0.25, 0.3) is 0 Å². The molecule has 0 unspecified atom stereocenters. The summed E-state index contributed by atoms with van der Waals surface area (Å²) in [7, 11) is 0. The number of anilines is 1. The molecular formula is C11H14ClF3N4O. The molecule has 0 saturated heterocycles. The van der Waals surface area contributed by atoms with Crippen molar-refractivity contribution in [2.45, 2.75) is 45.0 Å². The van der Waals surface area contributed by atoms with Crippen LogP contribution in [0.15, 0.2) is 0 Å². The molecule has 1 saturated carbocycles. The number of ether oxygens (including phenoxy) is 1. The van der Waals surface area contributed by atoms with Crippen molar-refractivity contribution in [2.24, 2.45) is 0 Å². The van der Waals surface area contributed by atoms with Gasteiger partial charge in [-0.15, -0.1) is 0 Å². The van der Waals surface area contributed by atoms with Crippen LogP contribution >= 0.6 is 11.6 Å². The van der Waals surface area contributed by atoms with E-state index in [9.17, 15) is 13.2 Å². The van der Waals surface area contributed by atoms with E-state index in [0.717, 1.165) is 4.90 Å². The van der Waals surface area contributed by atoms with Crippen LogP contribution in [0.2, 0.25) is 5.28 Å². The molecular weight excluding hydrogens is 297 g/mol. The van der Waals surface area contributed by atoms with Gasteiger partial charge in [0.15, 0.2) is 0 Å². The number of rotatable bonds is 5. The Morgan fingerprint density at radius 1 is 1.30 bits per heavy atom. The van der Waals surface area contributed by atoms with Crippen LogP contribution in [0.1, 0.15) is 26.7 Å². The zero-order valence-electron chi connectivity index (χ0n) is 11.0. The molecule has 1 heterocycles. The van der Waals surface area contributed by atoms with Gasteiger partial charge in [-0.05, 0) is 38.3 Å². The fourth-order valence-electron chi connectivity index (χ4n) is 1.66. The number of aromatic nitrogens is 3. The van der Waals surface area contributed by atoms with Crippen molar-refractivity contribution in [3.8, 4) is 6.01 Å². The van der Waals surface area contributed by atoms with Crippen molar-refractivity contribution in [1.82, 2.24) is 15.0 Å². The maximum atomic E-state index is 12.6. The van der Waals surface area contributed by atoms with Crippen LogP contribution in [0.4, 0.5) is 19.1 Å². The summed E-state index contributed by atoms with van der Waals surface area (Å²) in [6.07, 6.45) is -3.18. The minimum absolute atomic E-state index is 0.0668. The Hall–Kier alpha value is -1.31. The highest BCUT2D eigenvalue weighted by molar-refractivity contribution is 6.28. The van der Waals surface area contributed by atoms with Gasteiger partial charge in [0.2, 0.25) is 11.2 Å². The summed E-state index contributed by atoms with van der Waals surface area (Å²) >= 11 is 5.72. The normalized spacial score (nSPS) is 15.6. The van der Waals surface area contributed by atoms with Crippen LogP contribution < -0.4 is 9.64 Å². The lowest BCUT2D eigenvalue weighted by molar-refractivity contribution is -0.120. The Bertz CT molecular complexity index is 479. The van der Waals surface area contributed by atoms with Crippen LogP contribution in [0, 0.1) is 0 Å². The molecule has 1 aliphatic rings. The minimum atomic E-state index is -4.33. The first-order valence-electron chi connectivity index (χ1n) is 6.16. The lowest BCUT2D eigenvalue weighted by Gasteiger charge is -2.23. The van der Waals surface area contributed by atoms with Crippen molar-refractivity contribution >= 4 is 17.5 Å². The predicted molar refractivity (Wildman–Crippen MR) is 67.0 cm³/mol. The van der Waals surface area contributed by atoms with Crippen LogP contribution in [-0.2, 0) is 0 Å². The molecule has 20 heavy (non-hydrogen) atoms. The molecule has 1 fully saturated rings. The summed E-state index contributed by atoms with van der Waals surface area (Å²) < 4.78 is 43.1. The lowest BCUT2D eigenvalue weighted by atomic mass is 10.4. The van der Waals surface area contributed by atoms with Gasteiger partial charge in [0, 0.05) is 6.04 Å². The highest BCUT2D eigenvalue weighted by atomic mass is 35.5. The summed E-state index contributed by atoms with van der Waals surface area (Å²) in [6, 6.07) is -0.273.